The van der Waals surface area contributed by atoms with Crippen molar-refractivity contribution in [1.82, 2.24) is 9.78 Å². The lowest BCUT2D eigenvalue weighted by atomic mass is 10.0. The Morgan fingerprint density at radius 3 is 1.89 bits per heavy atom. The molecule has 2 heterocycles. The number of anilines is 1. The smallest absolute Gasteiger partial charge is 0.435 e. The lowest BCUT2D eigenvalue weighted by Gasteiger charge is -2.28. The molecular formula is C37H38N3O6P. The van der Waals surface area contributed by atoms with Gasteiger partial charge in [-0.25, -0.2) is 9.59 Å². The molecule has 10 heteroatoms. The van der Waals surface area contributed by atoms with Crippen LogP contribution < -0.4 is 20.0 Å². The van der Waals surface area contributed by atoms with Gasteiger partial charge in [-0.05, 0) is 95.6 Å². The molecule has 242 valence electrons. The van der Waals surface area contributed by atoms with Crippen molar-refractivity contribution in [3.8, 4) is 5.75 Å². The van der Waals surface area contributed by atoms with Crippen molar-refractivity contribution in [2.24, 2.45) is 0 Å². The number of aromatic nitrogens is 2. The maximum Gasteiger partial charge on any atom is 0.435 e. The summed E-state index contributed by atoms with van der Waals surface area (Å²) in [6, 6.07) is 30.3. The van der Waals surface area contributed by atoms with E-state index in [-0.39, 0.29) is 0 Å². The predicted molar refractivity (Wildman–Crippen MR) is 183 cm³/mol. The van der Waals surface area contributed by atoms with Crippen LogP contribution in [0.3, 0.4) is 0 Å². The number of ether oxygens (including phenoxy) is 2. The summed E-state index contributed by atoms with van der Waals surface area (Å²) in [7, 11) is -3.61. The van der Waals surface area contributed by atoms with Gasteiger partial charge in [-0.3, -0.25) is 9.46 Å². The average molecular weight is 652 g/mol. The van der Waals surface area contributed by atoms with Crippen LogP contribution in [0, 0.1) is 0 Å². The number of carbonyl (C=O) groups excluding carboxylic acids is 2. The van der Waals surface area contributed by atoms with E-state index in [4.69, 9.17) is 19.1 Å². The molecule has 0 saturated heterocycles. The summed E-state index contributed by atoms with van der Waals surface area (Å²) in [5.41, 5.74) is 1.03. The van der Waals surface area contributed by atoms with Crippen LogP contribution in [0.5, 0.6) is 5.75 Å². The van der Waals surface area contributed by atoms with Gasteiger partial charge in [0.25, 0.3) is 0 Å². The standard InChI is InChI=1S/C37H38N3O6P/c1-36(2,3)44-34(41)39-30-20-14-13-15-25(30)23-32(39)33-29-24-26(21-22-31(29)40(38-33)35(42)45-37(4,5)6)46-47(43,27-16-9-7-10-17-27)28-18-11-8-12-19-28/h7-22,24,32H,23H2,1-6H3. The molecule has 47 heavy (non-hydrogen) atoms. The van der Waals surface area contributed by atoms with E-state index in [1.54, 1.807) is 68.1 Å². The molecule has 1 unspecified atom stereocenters. The molecule has 0 fully saturated rings. The number of hydrogen-bond donors (Lipinski definition) is 0. The first kappa shape index (κ1) is 32.1. The van der Waals surface area contributed by atoms with Crippen LogP contribution in [0.2, 0.25) is 0 Å². The first-order valence-corrected chi connectivity index (χ1v) is 17.1. The molecule has 1 aromatic heterocycles. The highest BCUT2D eigenvalue weighted by Gasteiger charge is 2.40. The second-order valence-electron chi connectivity index (χ2n) is 13.5. The van der Waals surface area contributed by atoms with E-state index in [1.807, 2.05) is 81.4 Å². The number of carbonyl (C=O) groups is 2. The summed E-state index contributed by atoms with van der Waals surface area (Å²) in [5.74, 6) is 0.317. The highest BCUT2D eigenvalue weighted by molar-refractivity contribution is 7.74. The topological polar surface area (TPSA) is 100.0 Å². The van der Waals surface area contributed by atoms with E-state index in [2.05, 4.69) is 0 Å². The highest BCUT2D eigenvalue weighted by Crippen LogP contribution is 2.47. The fourth-order valence-corrected chi connectivity index (χ4v) is 7.71. The Morgan fingerprint density at radius 2 is 1.30 bits per heavy atom. The molecule has 1 aliphatic rings. The van der Waals surface area contributed by atoms with Gasteiger partial charge in [-0.15, -0.1) is 0 Å². The Morgan fingerprint density at radius 1 is 0.745 bits per heavy atom. The van der Waals surface area contributed by atoms with E-state index in [9.17, 15) is 14.2 Å². The van der Waals surface area contributed by atoms with Crippen molar-refractivity contribution < 1.29 is 28.2 Å². The van der Waals surface area contributed by atoms with Crippen LogP contribution in [0.1, 0.15) is 58.8 Å². The molecule has 0 aliphatic carbocycles. The van der Waals surface area contributed by atoms with Gasteiger partial charge < -0.3 is 14.0 Å². The Bertz CT molecular complexity index is 1950. The molecule has 0 bridgehead atoms. The third-order valence-electron chi connectivity index (χ3n) is 7.55. The van der Waals surface area contributed by atoms with Crippen molar-refractivity contribution in [3.05, 3.63) is 114 Å². The average Bonchev–Trinajstić information content (AvgIpc) is 3.59. The third-order valence-corrected chi connectivity index (χ3v) is 9.98. The summed E-state index contributed by atoms with van der Waals surface area (Å²) in [4.78, 5) is 28.9. The number of nitrogens with zero attached hydrogens (tertiary/aromatic N) is 3. The second kappa shape index (κ2) is 12.0. The number of benzene rings is 4. The Balaban J connectivity index is 1.51. The zero-order chi connectivity index (χ0) is 33.6. The Kier molecular flexibility index (Phi) is 8.22. The maximum atomic E-state index is 14.8. The van der Waals surface area contributed by atoms with Gasteiger partial charge in [-0.2, -0.15) is 9.78 Å². The first-order valence-electron chi connectivity index (χ1n) is 15.5. The molecule has 0 saturated carbocycles. The summed E-state index contributed by atoms with van der Waals surface area (Å²) in [6.45, 7) is 10.8. The van der Waals surface area contributed by atoms with E-state index in [0.717, 1.165) is 5.56 Å². The van der Waals surface area contributed by atoms with Crippen molar-refractivity contribution >= 4 is 46.8 Å². The zero-order valence-electron chi connectivity index (χ0n) is 27.3. The molecule has 4 aromatic carbocycles. The van der Waals surface area contributed by atoms with E-state index in [0.29, 0.717) is 45.1 Å². The number of rotatable bonds is 5. The number of hydrogen-bond acceptors (Lipinski definition) is 7. The highest BCUT2D eigenvalue weighted by atomic mass is 31.2. The van der Waals surface area contributed by atoms with Crippen molar-refractivity contribution in [2.75, 3.05) is 4.90 Å². The van der Waals surface area contributed by atoms with Crippen LogP contribution in [-0.2, 0) is 20.5 Å². The summed E-state index contributed by atoms with van der Waals surface area (Å²) < 4.78 is 34.0. The van der Waals surface area contributed by atoms with Gasteiger partial charge in [0.05, 0.1) is 33.5 Å². The molecule has 0 spiro atoms. The quantitative estimate of drug-likeness (QED) is 0.177. The fourth-order valence-electron chi connectivity index (χ4n) is 5.66. The molecule has 1 atom stereocenters. The Labute approximate surface area is 274 Å². The van der Waals surface area contributed by atoms with Crippen LogP contribution >= 0.6 is 7.37 Å². The molecule has 0 N–H and O–H groups in total. The molecule has 6 rings (SSSR count). The minimum Gasteiger partial charge on any atom is -0.443 e. The first-order chi connectivity index (χ1) is 22.2. The largest absolute Gasteiger partial charge is 0.443 e. The van der Waals surface area contributed by atoms with Crippen LogP contribution in [-0.4, -0.2) is 33.2 Å². The van der Waals surface area contributed by atoms with Crippen LogP contribution in [0.25, 0.3) is 10.9 Å². The van der Waals surface area contributed by atoms with Gasteiger partial charge >= 0.3 is 19.6 Å². The van der Waals surface area contributed by atoms with Gasteiger partial charge in [0.2, 0.25) is 0 Å². The zero-order valence-corrected chi connectivity index (χ0v) is 28.2. The molecule has 5 aromatic rings. The molecule has 0 radical (unpaired) electrons. The summed E-state index contributed by atoms with van der Waals surface area (Å²) >= 11 is 0. The van der Waals surface area contributed by atoms with E-state index in [1.165, 1.54) is 4.68 Å². The molecule has 1 aliphatic heterocycles. The lowest BCUT2D eigenvalue weighted by Crippen LogP contribution is -2.38. The fraction of sp³-hybridized carbons (Fsp3) is 0.270. The van der Waals surface area contributed by atoms with Crippen molar-refractivity contribution in [1.29, 1.82) is 0 Å². The van der Waals surface area contributed by atoms with Crippen molar-refractivity contribution in [2.45, 2.75) is 65.2 Å². The SMILES string of the molecule is CC(C)(C)OC(=O)N1c2ccccc2CC1c1nn(C(=O)OC(C)(C)C)c2ccc(OP(=O)(c3ccccc3)c3ccccc3)cc12. The lowest BCUT2D eigenvalue weighted by molar-refractivity contribution is 0.0521. The monoisotopic (exact) mass is 651 g/mol. The van der Waals surface area contributed by atoms with E-state index >= 15 is 0 Å². The minimum absolute atomic E-state index is 0.317. The van der Waals surface area contributed by atoms with Gasteiger partial charge in [0.15, 0.2) is 0 Å². The molecule has 9 nitrogen and oxygen atoms in total. The predicted octanol–water partition coefficient (Wildman–Crippen LogP) is 8.17. The van der Waals surface area contributed by atoms with Gasteiger partial charge in [-0.1, -0.05) is 54.6 Å². The number of fused-ring (bicyclic) bond motifs is 2. The maximum absolute atomic E-state index is 14.8. The minimum atomic E-state index is -3.61. The van der Waals surface area contributed by atoms with Gasteiger partial charge in [0, 0.05) is 11.8 Å². The number of para-hydroxylation sites is 1. The third kappa shape index (κ3) is 6.54. The van der Waals surface area contributed by atoms with Crippen LogP contribution in [0.15, 0.2) is 103 Å². The molecule has 1 amide bonds. The summed E-state index contributed by atoms with van der Waals surface area (Å²) in [5, 5.41) is 6.42. The van der Waals surface area contributed by atoms with E-state index < -0.39 is 36.8 Å². The Hall–Kier alpha value is -4.88. The van der Waals surface area contributed by atoms with Gasteiger partial charge in [0.1, 0.15) is 17.0 Å². The summed E-state index contributed by atoms with van der Waals surface area (Å²) in [6.07, 6.45) is -0.758. The number of amides is 1. The second-order valence-corrected chi connectivity index (χ2v) is 15.8. The van der Waals surface area contributed by atoms with Crippen LogP contribution in [0.4, 0.5) is 15.3 Å². The van der Waals surface area contributed by atoms with Crippen molar-refractivity contribution in [3.63, 3.8) is 0 Å². The normalized spacial score (nSPS) is 14.9. The molecular weight excluding hydrogens is 613 g/mol.